The molecule has 1 aromatic heterocycles. The van der Waals surface area contributed by atoms with Gasteiger partial charge in [-0.25, -0.2) is 4.79 Å². The van der Waals surface area contributed by atoms with Gasteiger partial charge in [0.15, 0.2) is 5.78 Å². The summed E-state index contributed by atoms with van der Waals surface area (Å²) >= 11 is 0. The largest absolute Gasteiger partial charge is 0.496 e. The molecule has 0 bridgehead atoms. The van der Waals surface area contributed by atoms with Crippen LogP contribution < -0.4 is 15.7 Å². The highest BCUT2D eigenvalue weighted by molar-refractivity contribution is 6.04. The molecular weight excluding hydrogens is 378 g/mol. The van der Waals surface area contributed by atoms with Crippen LogP contribution in [0, 0.1) is 5.41 Å². The van der Waals surface area contributed by atoms with Crippen LogP contribution in [0.3, 0.4) is 0 Å². The van der Waals surface area contributed by atoms with Gasteiger partial charge >= 0.3 is 5.63 Å². The molecule has 0 fully saturated rings. The predicted molar refractivity (Wildman–Crippen MR) is 116 cm³/mol. The summed E-state index contributed by atoms with van der Waals surface area (Å²) in [5, 5.41) is 4.29. The third-order valence-corrected chi connectivity index (χ3v) is 6.07. The Bertz CT molecular complexity index is 1280. The van der Waals surface area contributed by atoms with Gasteiger partial charge in [-0.15, -0.1) is 0 Å². The van der Waals surface area contributed by atoms with E-state index < -0.39 is 11.5 Å². The number of fused-ring (bicyclic) bond motifs is 3. The number of carbonyl (C=O) groups excluding carboxylic acids is 1. The quantitative estimate of drug-likeness (QED) is 0.612. The average molecular weight is 401 g/mol. The van der Waals surface area contributed by atoms with Crippen LogP contribution >= 0.6 is 0 Å². The first-order valence-electron chi connectivity index (χ1n) is 10.1. The van der Waals surface area contributed by atoms with Crippen LogP contribution in [0.5, 0.6) is 5.75 Å². The van der Waals surface area contributed by atoms with E-state index in [0.29, 0.717) is 28.9 Å². The van der Waals surface area contributed by atoms with Crippen LogP contribution in [-0.4, -0.2) is 12.9 Å². The molecule has 0 spiro atoms. The standard InChI is InChI=1S/C25H23NO4/c1-25(2)12-16-21(17(27)13-25)20(14-8-4-6-10-18(14)29-3)22-23(26-16)15-9-5-7-11-19(15)30-24(22)28/h4-11,20,26H,12-13H2,1-3H3. The fourth-order valence-corrected chi connectivity index (χ4v) is 4.85. The fraction of sp³-hybridized carbons (Fsp3) is 0.280. The Balaban J connectivity index is 1.87. The molecule has 2 aromatic carbocycles. The molecule has 0 saturated carbocycles. The van der Waals surface area contributed by atoms with Crippen molar-refractivity contribution >= 4 is 22.4 Å². The van der Waals surface area contributed by atoms with Crippen molar-refractivity contribution in [2.75, 3.05) is 12.4 Å². The van der Waals surface area contributed by atoms with Crippen molar-refractivity contribution in [2.24, 2.45) is 5.41 Å². The van der Waals surface area contributed by atoms with Crippen LogP contribution in [0.4, 0.5) is 5.69 Å². The van der Waals surface area contributed by atoms with Crippen LogP contribution in [0.2, 0.25) is 0 Å². The lowest BCUT2D eigenvalue weighted by atomic mass is 9.68. The van der Waals surface area contributed by atoms with Crippen LogP contribution in [0.1, 0.15) is 43.7 Å². The van der Waals surface area contributed by atoms with Crippen molar-refractivity contribution in [1.29, 1.82) is 0 Å². The molecule has 2 aliphatic rings. The Hall–Kier alpha value is -3.34. The van der Waals surface area contributed by atoms with Gasteiger partial charge in [0.05, 0.1) is 24.3 Å². The Morgan fingerprint density at radius 1 is 1.03 bits per heavy atom. The topological polar surface area (TPSA) is 68.5 Å². The second-order valence-electron chi connectivity index (χ2n) is 8.81. The Labute approximate surface area is 174 Å². The summed E-state index contributed by atoms with van der Waals surface area (Å²) in [6, 6.07) is 15.1. The number of carbonyl (C=O) groups is 1. The molecule has 0 saturated heterocycles. The average Bonchev–Trinajstić information content (AvgIpc) is 2.71. The number of benzene rings is 2. The number of ketones is 1. The molecule has 1 N–H and O–H groups in total. The molecule has 5 nitrogen and oxygen atoms in total. The summed E-state index contributed by atoms with van der Waals surface area (Å²) < 4.78 is 11.3. The van der Waals surface area contributed by atoms with E-state index in [4.69, 9.17) is 9.15 Å². The molecule has 0 amide bonds. The summed E-state index contributed by atoms with van der Waals surface area (Å²) in [6.45, 7) is 4.20. The zero-order valence-electron chi connectivity index (χ0n) is 17.2. The van der Waals surface area contributed by atoms with Gasteiger partial charge in [0, 0.05) is 28.6 Å². The number of nitrogens with one attached hydrogen (secondary N) is 1. The monoisotopic (exact) mass is 401 g/mol. The first-order valence-corrected chi connectivity index (χ1v) is 10.1. The maximum absolute atomic E-state index is 13.3. The smallest absolute Gasteiger partial charge is 0.342 e. The Morgan fingerprint density at radius 2 is 1.77 bits per heavy atom. The molecule has 5 heteroatoms. The van der Waals surface area contributed by atoms with Gasteiger partial charge in [-0.05, 0) is 30.0 Å². The Kier molecular flexibility index (Phi) is 4.10. The number of para-hydroxylation sites is 2. The van der Waals surface area contributed by atoms with E-state index in [1.165, 1.54) is 0 Å². The van der Waals surface area contributed by atoms with Crippen LogP contribution in [0.15, 0.2) is 69.0 Å². The highest BCUT2D eigenvalue weighted by Crippen LogP contribution is 2.50. The Morgan fingerprint density at radius 3 is 2.57 bits per heavy atom. The second kappa shape index (κ2) is 6.59. The number of Topliss-reactive ketones (excluding diaryl/α,β-unsaturated/α-hetero) is 1. The summed E-state index contributed by atoms with van der Waals surface area (Å²) in [6.07, 6.45) is 1.17. The van der Waals surface area contributed by atoms with E-state index in [0.717, 1.165) is 28.8 Å². The van der Waals surface area contributed by atoms with E-state index in [1.54, 1.807) is 13.2 Å². The van der Waals surface area contributed by atoms with Gasteiger partial charge in [-0.1, -0.05) is 44.2 Å². The fourth-order valence-electron chi connectivity index (χ4n) is 4.85. The van der Waals surface area contributed by atoms with Gasteiger partial charge < -0.3 is 14.5 Å². The molecular formula is C25H23NO4. The molecule has 30 heavy (non-hydrogen) atoms. The number of allylic oxidation sites excluding steroid dienone is 2. The minimum absolute atomic E-state index is 0.0582. The highest BCUT2D eigenvalue weighted by atomic mass is 16.5. The third kappa shape index (κ3) is 2.76. The lowest BCUT2D eigenvalue weighted by Gasteiger charge is -2.39. The lowest BCUT2D eigenvalue weighted by molar-refractivity contribution is -0.118. The van der Waals surface area contributed by atoms with E-state index in [2.05, 4.69) is 19.2 Å². The molecule has 1 aliphatic carbocycles. The first-order chi connectivity index (χ1) is 14.4. The molecule has 152 valence electrons. The predicted octanol–water partition coefficient (Wildman–Crippen LogP) is 5.00. The van der Waals surface area contributed by atoms with Gasteiger partial charge in [0.25, 0.3) is 0 Å². The lowest BCUT2D eigenvalue weighted by Crippen LogP contribution is -2.36. The van der Waals surface area contributed by atoms with Gasteiger partial charge in [-0.2, -0.15) is 0 Å². The normalized spacial score (nSPS) is 19.8. The number of methoxy groups -OCH3 is 1. The SMILES string of the molecule is COc1ccccc1C1C2=C(CC(C)(C)CC2=O)Nc2c1c(=O)oc1ccccc21. The maximum Gasteiger partial charge on any atom is 0.342 e. The minimum Gasteiger partial charge on any atom is -0.496 e. The van der Waals surface area contributed by atoms with Crippen molar-refractivity contribution in [3.63, 3.8) is 0 Å². The summed E-state index contributed by atoms with van der Waals surface area (Å²) in [4.78, 5) is 26.5. The van der Waals surface area contributed by atoms with Crippen molar-refractivity contribution in [3.05, 3.63) is 81.3 Å². The van der Waals surface area contributed by atoms with Gasteiger partial charge in [-0.3, -0.25) is 4.79 Å². The number of rotatable bonds is 2. The molecule has 0 radical (unpaired) electrons. The third-order valence-electron chi connectivity index (χ3n) is 6.07. The zero-order valence-corrected chi connectivity index (χ0v) is 17.2. The number of hydrogen-bond acceptors (Lipinski definition) is 5. The summed E-state index contributed by atoms with van der Waals surface area (Å²) in [5.41, 5.74) is 3.46. The van der Waals surface area contributed by atoms with Crippen molar-refractivity contribution in [2.45, 2.75) is 32.6 Å². The van der Waals surface area contributed by atoms with Gasteiger partial charge in [0.2, 0.25) is 0 Å². The second-order valence-corrected chi connectivity index (χ2v) is 8.81. The molecule has 1 atom stereocenters. The van der Waals surface area contributed by atoms with E-state index in [-0.39, 0.29) is 11.2 Å². The molecule has 1 unspecified atom stereocenters. The number of anilines is 1. The molecule has 1 aliphatic heterocycles. The maximum atomic E-state index is 13.3. The molecule has 3 aromatic rings. The first kappa shape index (κ1) is 18.7. The number of hydrogen-bond donors (Lipinski definition) is 1. The van der Waals surface area contributed by atoms with Gasteiger partial charge in [0.1, 0.15) is 11.3 Å². The van der Waals surface area contributed by atoms with Crippen molar-refractivity contribution in [3.8, 4) is 5.75 Å². The van der Waals surface area contributed by atoms with Crippen LogP contribution in [0.25, 0.3) is 11.0 Å². The van der Waals surface area contributed by atoms with E-state index in [1.807, 2.05) is 42.5 Å². The number of ether oxygens (including phenoxy) is 1. The zero-order chi connectivity index (χ0) is 21.0. The summed E-state index contributed by atoms with van der Waals surface area (Å²) in [7, 11) is 1.60. The van der Waals surface area contributed by atoms with E-state index in [9.17, 15) is 9.59 Å². The van der Waals surface area contributed by atoms with Crippen molar-refractivity contribution < 1.29 is 13.9 Å². The minimum atomic E-state index is -0.531. The van der Waals surface area contributed by atoms with Crippen LogP contribution in [-0.2, 0) is 4.79 Å². The molecule has 5 rings (SSSR count). The van der Waals surface area contributed by atoms with E-state index >= 15 is 0 Å². The highest BCUT2D eigenvalue weighted by Gasteiger charge is 2.43. The van der Waals surface area contributed by atoms with Crippen molar-refractivity contribution in [1.82, 2.24) is 0 Å². The summed E-state index contributed by atoms with van der Waals surface area (Å²) in [5.74, 6) is 0.173. The molecule has 2 heterocycles.